The molecule has 2 fully saturated rings. The van der Waals surface area contributed by atoms with Gasteiger partial charge < -0.3 is 4.74 Å². The van der Waals surface area contributed by atoms with Gasteiger partial charge in [0, 0.05) is 38.6 Å². The summed E-state index contributed by atoms with van der Waals surface area (Å²) in [6.45, 7) is 0.977. The normalized spacial score (nSPS) is 22.8. The van der Waals surface area contributed by atoms with Crippen LogP contribution in [-0.4, -0.2) is 60.9 Å². The molecule has 2 aliphatic rings. The summed E-state index contributed by atoms with van der Waals surface area (Å²) in [6, 6.07) is 5.40. The lowest BCUT2D eigenvalue weighted by Crippen LogP contribution is -2.51. The summed E-state index contributed by atoms with van der Waals surface area (Å²) in [5, 5.41) is 0. The average Bonchev–Trinajstić information content (AvgIpc) is 3.14. The third kappa shape index (κ3) is 5.09. The second-order valence-electron chi connectivity index (χ2n) is 7.89. The van der Waals surface area contributed by atoms with Gasteiger partial charge in [0.25, 0.3) is 0 Å². The maximum Gasteiger partial charge on any atom is 0.433 e. The van der Waals surface area contributed by atoms with E-state index in [1.54, 1.807) is 0 Å². The molecule has 0 saturated carbocycles. The van der Waals surface area contributed by atoms with Crippen LogP contribution < -0.4 is 4.74 Å². The van der Waals surface area contributed by atoms with Gasteiger partial charge in [0.2, 0.25) is 10.0 Å². The number of hydrogen-bond donors (Lipinski definition) is 0. The third-order valence-corrected chi connectivity index (χ3v) is 7.53. The van der Waals surface area contributed by atoms with Crippen molar-refractivity contribution in [2.24, 2.45) is 0 Å². The van der Waals surface area contributed by atoms with Crippen LogP contribution >= 0.6 is 0 Å². The van der Waals surface area contributed by atoms with Crippen LogP contribution in [0.1, 0.15) is 17.7 Å². The van der Waals surface area contributed by atoms with E-state index >= 15 is 0 Å². The van der Waals surface area contributed by atoms with Gasteiger partial charge in [-0.25, -0.2) is 13.4 Å². The molecular weight excluding hydrogens is 476 g/mol. The summed E-state index contributed by atoms with van der Waals surface area (Å²) in [7, 11) is -4.13. The van der Waals surface area contributed by atoms with Crippen LogP contribution in [0, 0.1) is 0 Å². The fourth-order valence-corrected chi connectivity index (χ4v) is 5.58. The summed E-state index contributed by atoms with van der Waals surface area (Å²) in [4.78, 5) is 4.93. The zero-order valence-corrected chi connectivity index (χ0v) is 17.8. The maximum absolute atomic E-state index is 13.0. The Labute approximate surface area is 185 Å². The number of halogens is 6. The Morgan fingerprint density at radius 1 is 0.970 bits per heavy atom. The predicted molar refractivity (Wildman–Crippen MR) is 104 cm³/mol. The molecule has 0 radical (unpaired) electrons. The van der Waals surface area contributed by atoms with Crippen molar-refractivity contribution in [3.8, 4) is 5.75 Å². The molecule has 0 unspecified atom stereocenters. The second kappa shape index (κ2) is 8.44. The quantitative estimate of drug-likeness (QED) is 0.607. The molecule has 1 aromatic heterocycles. The van der Waals surface area contributed by atoms with Gasteiger partial charge in [0.05, 0.1) is 16.7 Å². The van der Waals surface area contributed by atoms with E-state index in [2.05, 4.69) is 4.98 Å². The SMILES string of the molecule is O=S(=O)(c1cccc(C(F)(F)F)c1)N1CCN2C[C@@H](Oc3ccc(C(F)(F)F)nc3)C[C@H]2C1. The molecule has 0 N–H and O–H groups in total. The lowest BCUT2D eigenvalue weighted by atomic mass is 10.2. The molecule has 2 saturated heterocycles. The van der Waals surface area contributed by atoms with Gasteiger partial charge in [0.1, 0.15) is 17.5 Å². The van der Waals surface area contributed by atoms with Gasteiger partial charge in [-0.3, -0.25) is 4.90 Å². The first kappa shape index (κ1) is 23.8. The van der Waals surface area contributed by atoms with Crippen LogP contribution in [0.3, 0.4) is 0 Å². The lowest BCUT2D eigenvalue weighted by molar-refractivity contribution is -0.141. The van der Waals surface area contributed by atoms with Crippen LogP contribution in [0.15, 0.2) is 47.5 Å². The predicted octanol–water partition coefficient (Wildman–Crippen LogP) is 3.65. The minimum atomic E-state index is -4.66. The first-order valence-electron chi connectivity index (χ1n) is 9.95. The van der Waals surface area contributed by atoms with E-state index in [1.165, 1.54) is 6.07 Å². The number of fused-ring (bicyclic) bond motifs is 1. The molecule has 2 atom stereocenters. The van der Waals surface area contributed by atoms with E-state index in [4.69, 9.17) is 4.74 Å². The number of alkyl halides is 6. The highest BCUT2D eigenvalue weighted by Gasteiger charge is 2.41. The Morgan fingerprint density at radius 2 is 1.73 bits per heavy atom. The summed E-state index contributed by atoms with van der Waals surface area (Å²) < 4.78 is 110. The molecule has 33 heavy (non-hydrogen) atoms. The molecular formula is C20H19F6N3O3S. The van der Waals surface area contributed by atoms with Crippen LogP contribution in [0.4, 0.5) is 26.3 Å². The molecule has 0 spiro atoms. The standard InChI is InChI=1S/C20H19F6N3O3S/c21-19(22,23)13-2-1-3-17(8-13)33(30,31)29-7-6-28-12-16(9-14(28)11-29)32-15-4-5-18(27-10-15)20(24,25)26/h1-5,8,10,14,16H,6-7,9,11-12H2/t14-,16-/m0/s1. The third-order valence-electron chi connectivity index (χ3n) is 5.67. The van der Waals surface area contributed by atoms with Crippen molar-refractivity contribution in [1.82, 2.24) is 14.2 Å². The Bertz CT molecular complexity index is 1110. The van der Waals surface area contributed by atoms with Crippen LogP contribution in [0.5, 0.6) is 5.75 Å². The number of ether oxygens (including phenoxy) is 1. The molecule has 0 amide bonds. The number of pyridine rings is 1. The van der Waals surface area contributed by atoms with Crippen LogP contribution in [-0.2, 0) is 22.4 Å². The number of piperazine rings is 1. The lowest BCUT2D eigenvalue weighted by Gasteiger charge is -2.36. The van der Waals surface area contributed by atoms with E-state index < -0.39 is 38.5 Å². The summed E-state index contributed by atoms with van der Waals surface area (Å²) in [5.74, 6) is 0.168. The van der Waals surface area contributed by atoms with Crippen molar-refractivity contribution in [3.63, 3.8) is 0 Å². The highest BCUT2D eigenvalue weighted by molar-refractivity contribution is 7.89. The first-order chi connectivity index (χ1) is 15.3. The van der Waals surface area contributed by atoms with Gasteiger partial charge in [-0.15, -0.1) is 0 Å². The first-order valence-corrected chi connectivity index (χ1v) is 11.4. The largest absolute Gasteiger partial charge is 0.487 e. The van der Waals surface area contributed by atoms with E-state index in [-0.39, 0.29) is 31.0 Å². The van der Waals surface area contributed by atoms with E-state index in [0.29, 0.717) is 25.6 Å². The Morgan fingerprint density at radius 3 is 2.36 bits per heavy atom. The zero-order valence-electron chi connectivity index (χ0n) is 17.0. The zero-order chi connectivity index (χ0) is 24.0. The second-order valence-corrected chi connectivity index (χ2v) is 9.83. The van der Waals surface area contributed by atoms with Crippen molar-refractivity contribution < 1.29 is 39.5 Å². The van der Waals surface area contributed by atoms with E-state index in [0.717, 1.165) is 34.8 Å². The van der Waals surface area contributed by atoms with Crippen LogP contribution in [0.25, 0.3) is 0 Å². The Kier molecular flexibility index (Phi) is 6.08. The number of hydrogen-bond acceptors (Lipinski definition) is 5. The van der Waals surface area contributed by atoms with Crippen molar-refractivity contribution >= 4 is 10.0 Å². The average molecular weight is 495 g/mol. The van der Waals surface area contributed by atoms with E-state index in [9.17, 15) is 34.8 Å². The topological polar surface area (TPSA) is 62.7 Å². The molecule has 3 heterocycles. The summed E-state index contributed by atoms with van der Waals surface area (Å²) in [5.41, 5.74) is -2.07. The van der Waals surface area contributed by atoms with Gasteiger partial charge in [-0.2, -0.15) is 30.6 Å². The molecule has 180 valence electrons. The minimum Gasteiger partial charge on any atom is -0.487 e. The molecule has 4 rings (SSSR count). The van der Waals surface area contributed by atoms with Gasteiger partial charge in [0.15, 0.2) is 0 Å². The fourth-order valence-electron chi connectivity index (χ4n) is 4.06. The fraction of sp³-hybridized carbons (Fsp3) is 0.450. The molecule has 1 aromatic carbocycles. The maximum atomic E-state index is 13.0. The molecule has 6 nitrogen and oxygen atoms in total. The monoisotopic (exact) mass is 495 g/mol. The van der Waals surface area contributed by atoms with Gasteiger partial charge in [-0.05, 0) is 30.3 Å². The van der Waals surface area contributed by atoms with Crippen molar-refractivity contribution in [1.29, 1.82) is 0 Å². The Balaban J connectivity index is 1.42. The molecule has 0 bridgehead atoms. The molecule has 2 aromatic rings. The van der Waals surface area contributed by atoms with E-state index in [1.807, 2.05) is 4.90 Å². The van der Waals surface area contributed by atoms with Gasteiger partial charge >= 0.3 is 12.4 Å². The molecule has 2 aliphatic heterocycles. The van der Waals surface area contributed by atoms with Crippen molar-refractivity contribution in [2.45, 2.75) is 35.8 Å². The number of aromatic nitrogens is 1. The number of sulfonamides is 1. The highest BCUT2D eigenvalue weighted by Crippen LogP contribution is 2.33. The van der Waals surface area contributed by atoms with Crippen molar-refractivity contribution in [3.05, 3.63) is 53.9 Å². The Hall–Kier alpha value is -2.38. The summed E-state index contributed by atoms with van der Waals surface area (Å²) >= 11 is 0. The highest BCUT2D eigenvalue weighted by atomic mass is 32.2. The van der Waals surface area contributed by atoms with Crippen LogP contribution in [0.2, 0.25) is 0 Å². The van der Waals surface area contributed by atoms with Gasteiger partial charge in [-0.1, -0.05) is 6.07 Å². The molecule has 13 heteroatoms. The number of rotatable bonds is 4. The number of nitrogens with zero attached hydrogens (tertiary/aromatic N) is 3. The summed E-state index contributed by atoms with van der Waals surface area (Å²) in [6.07, 6.45) is -8.20. The number of benzene rings is 1. The minimum absolute atomic E-state index is 0.0731. The molecule has 0 aliphatic carbocycles. The van der Waals surface area contributed by atoms with Crippen molar-refractivity contribution in [2.75, 3.05) is 26.2 Å². The smallest absolute Gasteiger partial charge is 0.433 e.